The van der Waals surface area contributed by atoms with Crippen LogP contribution in [0, 0.1) is 0 Å². The van der Waals surface area contributed by atoms with Gasteiger partial charge in [0.05, 0.1) is 6.04 Å². The zero-order valence-electron chi connectivity index (χ0n) is 16.9. The first-order chi connectivity index (χ1) is 14.6. The fourth-order valence-corrected chi connectivity index (χ4v) is 3.85. The second-order valence-electron chi connectivity index (χ2n) is 6.99. The Morgan fingerprint density at radius 1 is 1.41 bits per heavy atom. The quantitative estimate of drug-likeness (QED) is 0.109. The van der Waals surface area contributed by atoms with E-state index in [1.807, 2.05) is 0 Å². The lowest BCUT2D eigenvalue weighted by Crippen LogP contribution is -2.74. The Bertz CT molecular complexity index is 1080. The third-order valence-electron chi connectivity index (χ3n) is 4.12. The maximum absolute atomic E-state index is 12.8. The summed E-state index contributed by atoms with van der Waals surface area (Å²) in [7, 11) is -4.96. The van der Waals surface area contributed by atoms with Crippen molar-refractivity contribution in [2.45, 2.75) is 38.5 Å². The molecule has 1 aliphatic heterocycles. The molecule has 1 fully saturated rings. The number of carbonyl (C=O) groups excluding carboxylic acids is 3. The molecule has 1 aromatic rings. The maximum Gasteiger partial charge on any atom is 0.362 e. The van der Waals surface area contributed by atoms with E-state index in [4.69, 9.17) is 15.7 Å². The second kappa shape index (κ2) is 9.05. The molecular formula is C15H20N6O9S2. The number of aromatic nitrogens is 1. The molecule has 1 aliphatic rings. The fourth-order valence-electron chi connectivity index (χ4n) is 2.42. The normalized spacial score (nSPS) is 19.2. The molecular weight excluding hydrogens is 472 g/mol. The predicted octanol–water partition coefficient (Wildman–Crippen LogP) is -2.06. The van der Waals surface area contributed by atoms with Gasteiger partial charge in [0.15, 0.2) is 10.8 Å². The van der Waals surface area contributed by atoms with E-state index >= 15 is 0 Å². The van der Waals surface area contributed by atoms with E-state index in [1.54, 1.807) is 0 Å². The number of nitrogen functional groups attached to an aromatic ring is 1. The molecule has 0 aliphatic carbocycles. The van der Waals surface area contributed by atoms with Gasteiger partial charge in [-0.15, -0.1) is 11.3 Å². The molecule has 0 radical (unpaired) electrons. The molecule has 0 aromatic carbocycles. The second-order valence-corrected chi connectivity index (χ2v) is 9.16. The van der Waals surface area contributed by atoms with Crippen LogP contribution < -0.4 is 16.4 Å². The molecule has 0 saturated carbocycles. The minimum absolute atomic E-state index is 0.0544. The number of rotatable bonds is 9. The molecule has 2 heterocycles. The summed E-state index contributed by atoms with van der Waals surface area (Å²) in [5, 5.41) is 18.6. The number of carboxylic acid groups (broad SMARTS) is 1. The molecule has 1 saturated heterocycles. The molecule has 176 valence electrons. The summed E-state index contributed by atoms with van der Waals surface area (Å²) < 4.78 is 32.3. The number of carbonyl (C=O) groups is 4. The molecule has 15 nitrogen and oxygen atoms in total. The number of amides is 3. The largest absolute Gasteiger partial charge is 0.478 e. The maximum atomic E-state index is 12.8. The number of nitrogens with two attached hydrogens (primary N) is 1. The highest BCUT2D eigenvalue weighted by Gasteiger charge is 2.54. The third-order valence-corrected chi connectivity index (χ3v) is 5.75. The van der Waals surface area contributed by atoms with Crippen LogP contribution in [0.3, 0.4) is 0 Å². The van der Waals surface area contributed by atoms with Gasteiger partial charge in [-0.3, -0.25) is 18.9 Å². The Labute approximate surface area is 185 Å². The Morgan fingerprint density at radius 3 is 2.50 bits per heavy atom. The summed E-state index contributed by atoms with van der Waals surface area (Å²) in [6.07, 6.45) is 0. The van der Waals surface area contributed by atoms with Gasteiger partial charge in [0.1, 0.15) is 11.7 Å². The first-order valence-corrected chi connectivity index (χ1v) is 11.0. The highest BCUT2D eigenvalue weighted by Crippen LogP contribution is 2.24. The number of β-lactam (4-membered cyclic amide) rings is 1. The van der Waals surface area contributed by atoms with Gasteiger partial charge in [-0.25, -0.2) is 14.1 Å². The van der Waals surface area contributed by atoms with Crippen LogP contribution in [0.5, 0.6) is 0 Å². The van der Waals surface area contributed by atoms with Gasteiger partial charge < -0.3 is 26.3 Å². The van der Waals surface area contributed by atoms with E-state index < -0.39 is 63.9 Å². The van der Waals surface area contributed by atoms with Gasteiger partial charge >= 0.3 is 16.3 Å². The molecule has 32 heavy (non-hydrogen) atoms. The number of nitrogens with zero attached hydrogens (tertiary/aromatic N) is 3. The number of nitrogens with one attached hydrogen (secondary N) is 2. The molecule has 6 N–H and O–H groups in total. The van der Waals surface area contributed by atoms with Crippen LogP contribution in [-0.2, 0) is 34.3 Å². The number of aliphatic carboxylic acids is 1. The van der Waals surface area contributed by atoms with Gasteiger partial charge in [-0.1, -0.05) is 5.16 Å². The van der Waals surface area contributed by atoms with Crippen molar-refractivity contribution >= 4 is 56.2 Å². The Kier molecular flexibility index (Phi) is 7.06. The summed E-state index contributed by atoms with van der Waals surface area (Å²) in [5.74, 6) is -4.17. The van der Waals surface area contributed by atoms with E-state index in [2.05, 4.69) is 20.8 Å². The van der Waals surface area contributed by atoms with E-state index in [0.29, 0.717) is 0 Å². The van der Waals surface area contributed by atoms with Crippen LogP contribution in [0.15, 0.2) is 10.5 Å². The van der Waals surface area contributed by atoms with E-state index in [-0.39, 0.29) is 15.1 Å². The Balaban J connectivity index is 2.32. The average molecular weight is 492 g/mol. The number of hydrogen-bond donors (Lipinski definition) is 5. The van der Waals surface area contributed by atoms with Gasteiger partial charge in [0.2, 0.25) is 11.5 Å². The first-order valence-electron chi connectivity index (χ1n) is 8.72. The summed E-state index contributed by atoms with van der Waals surface area (Å²) >= 11 is 0.944. The molecule has 2 rings (SSSR count). The van der Waals surface area contributed by atoms with Crippen LogP contribution in [0.25, 0.3) is 0 Å². The monoisotopic (exact) mass is 492 g/mol. The molecule has 0 bridgehead atoms. The number of hydrogen-bond acceptors (Lipinski definition) is 11. The summed E-state index contributed by atoms with van der Waals surface area (Å²) in [5.41, 5.74) is 3.10. The lowest BCUT2D eigenvalue weighted by Gasteiger charge is -2.44. The fraction of sp³-hybridized carbons (Fsp3) is 0.467. The molecule has 1 aromatic heterocycles. The van der Waals surface area contributed by atoms with Crippen molar-refractivity contribution in [2.24, 2.45) is 5.16 Å². The van der Waals surface area contributed by atoms with Crippen LogP contribution in [0.1, 0.15) is 26.5 Å². The number of oxime groups is 1. The summed E-state index contributed by atoms with van der Waals surface area (Å²) in [4.78, 5) is 56.3. The van der Waals surface area contributed by atoms with E-state index in [1.165, 1.54) is 19.2 Å². The minimum Gasteiger partial charge on any atom is -0.478 e. The number of thiazole rings is 1. The van der Waals surface area contributed by atoms with Gasteiger partial charge in [0.25, 0.3) is 11.8 Å². The Morgan fingerprint density at radius 2 is 2.03 bits per heavy atom. The lowest BCUT2D eigenvalue weighted by molar-refractivity contribution is -0.161. The number of carboxylic acids is 1. The molecule has 2 unspecified atom stereocenters. The van der Waals surface area contributed by atoms with Crippen molar-refractivity contribution in [3.63, 3.8) is 0 Å². The zero-order chi connectivity index (χ0) is 24.4. The molecule has 3 amide bonds. The van der Waals surface area contributed by atoms with Crippen molar-refractivity contribution in [3.05, 3.63) is 11.1 Å². The summed E-state index contributed by atoms with van der Waals surface area (Å²) in [6.45, 7) is 3.09. The van der Waals surface area contributed by atoms with E-state index in [0.717, 1.165) is 18.3 Å². The number of anilines is 1. The smallest absolute Gasteiger partial charge is 0.362 e. The topological polar surface area (TPSA) is 231 Å². The lowest BCUT2D eigenvalue weighted by atomic mass is 9.98. The first kappa shape index (κ1) is 25.0. The SMILES string of the molecule is CC(=O)NCC1C(NC(=O)/C(=N\OC(C)(C)C(=O)O)c2csc(N)n2)C(=O)N1S(=O)(=O)O. The average Bonchev–Trinajstić information content (AvgIpc) is 3.07. The predicted molar refractivity (Wildman–Crippen MR) is 109 cm³/mol. The van der Waals surface area contributed by atoms with Crippen LogP contribution in [0.2, 0.25) is 0 Å². The van der Waals surface area contributed by atoms with Crippen LogP contribution >= 0.6 is 11.3 Å². The van der Waals surface area contributed by atoms with Crippen molar-refractivity contribution in [1.82, 2.24) is 19.9 Å². The van der Waals surface area contributed by atoms with Crippen LogP contribution in [0.4, 0.5) is 5.13 Å². The van der Waals surface area contributed by atoms with Crippen molar-refractivity contribution in [2.75, 3.05) is 12.3 Å². The minimum atomic E-state index is -4.96. The summed E-state index contributed by atoms with van der Waals surface area (Å²) in [6, 6.07) is -2.80. The molecule has 0 spiro atoms. The van der Waals surface area contributed by atoms with Crippen molar-refractivity contribution in [3.8, 4) is 0 Å². The van der Waals surface area contributed by atoms with Crippen molar-refractivity contribution in [1.29, 1.82) is 0 Å². The van der Waals surface area contributed by atoms with Crippen LogP contribution in [-0.4, -0.2) is 81.0 Å². The van der Waals surface area contributed by atoms with E-state index in [9.17, 15) is 32.1 Å². The molecule has 2 atom stereocenters. The van der Waals surface area contributed by atoms with Crippen molar-refractivity contribution < 1.29 is 42.1 Å². The highest BCUT2D eigenvalue weighted by molar-refractivity contribution is 7.84. The zero-order valence-corrected chi connectivity index (χ0v) is 18.6. The third kappa shape index (κ3) is 5.48. The molecule has 17 heteroatoms. The Hall–Kier alpha value is -3.31. The highest BCUT2D eigenvalue weighted by atomic mass is 32.2. The van der Waals surface area contributed by atoms with Gasteiger partial charge in [-0.05, 0) is 13.8 Å². The van der Waals surface area contributed by atoms with Gasteiger partial charge in [0, 0.05) is 18.8 Å². The standard InChI is InChI=1S/C15H20N6O9S2/c1-6(22)17-4-8-10(12(24)21(8)32(27,28)29)19-11(23)9(7-5-31-14(16)18-7)20-30-15(2,3)13(25)26/h5,8,10H,4H2,1-3H3,(H2,16,18)(H,17,22)(H,19,23)(H,25,26)(H,27,28,29)/b20-9-. The van der Waals surface area contributed by atoms with Gasteiger partial charge in [-0.2, -0.15) is 8.42 Å².